The molecule has 1 aliphatic heterocycles. The molecule has 7 heteroatoms. The summed E-state index contributed by atoms with van der Waals surface area (Å²) in [5.41, 5.74) is 1.78. The average Bonchev–Trinajstić information content (AvgIpc) is 2.67. The molecular weight excluding hydrogens is 465 g/mol. The number of aliphatic imine (C=N–C) groups is 1. The quantitative estimate of drug-likeness (QED) is 0.305. The van der Waals surface area contributed by atoms with E-state index in [4.69, 9.17) is 4.99 Å². The maximum atomic E-state index is 11.8. The minimum Gasteiger partial charge on any atom is -0.357 e. The lowest BCUT2D eigenvalue weighted by atomic mass is 10.0. The van der Waals surface area contributed by atoms with Crippen LogP contribution < -0.4 is 16.0 Å². The van der Waals surface area contributed by atoms with Crippen LogP contribution in [-0.2, 0) is 6.54 Å². The molecule has 0 radical (unpaired) electrons. The number of carbonyl (C=O) groups excluding carboxylic acids is 1. The summed E-state index contributed by atoms with van der Waals surface area (Å²) in [7, 11) is 0. The number of nitrogens with one attached hydrogen (secondary N) is 3. The van der Waals surface area contributed by atoms with Gasteiger partial charge in [-0.3, -0.25) is 4.79 Å². The molecule has 1 heterocycles. The van der Waals surface area contributed by atoms with Crippen molar-refractivity contribution in [3.63, 3.8) is 0 Å². The molecule has 28 heavy (non-hydrogen) atoms. The average molecular weight is 501 g/mol. The van der Waals surface area contributed by atoms with E-state index in [0.29, 0.717) is 30.7 Å². The van der Waals surface area contributed by atoms with Crippen LogP contribution in [0.5, 0.6) is 0 Å². The molecule has 1 amide bonds. The Morgan fingerprint density at radius 3 is 2.25 bits per heavy atom. The van der Waals surface area contributed by atoms with E-state index in [9.17, 15) is 4.79 Å². The Labute approximate surface area is 187 Å². The Morgan fingerprint density at radius 2 is 1.71 bits per heavy atom. The summed E-state index contributed by atoms with van der Waals surface area (Å²) in [5, 5.41) is 9.74. The van der Waals surface area contributed by atoms with Gasteiger partial charge in [-0.1, -0.05) is 12.1 Å². The summed E-state index contributed by atoms with van der Waals surface area (Å²) in [4.78, 5) is 19.1. The van der Waals surface area contributed by atoms with E-state index in [1.54, 1.807) is 0 Å². The molecule has 0 aromatic heterocycles. The van der Waals surface area contributed by atoms with Gasteiger partial charge < -0.3 is 20.9 Å². The topological polar surface area (TPSA) is 68.8 Å². The molecule has 0 spiro atoms. The van der Waals surface area contributed by atoms with E-state index in [1.807, 2.05) is 31.2 Å². The minimum atomic E-state index is -0.0321. The van der Waals surface area contributed by atoms with Gasteiger partial charge in [-0.2, -0.15) is 0 Å². The van der Waals surface area contributed by atoms with E-state index >= 15 is 0 Å². The molecule has 158 valence electrons. The Kier molecular flexibility index (Phi) is 11.4. The van der Waals surface area contributed by atoms with Gasteiger partial charge in [-0.05, 0) is 58.2 Å². The third kappa shape index (κ3) is 7.95. The van der Waals surface area contributed by atoms with E-state index in [-0.39, 0.29) is 29.9 Å². The number of hydrogen-bond donors (Lipinski definition) is 3. The summed E-state index contributed by atoms with van der Waals surface area (Å²) in [6, 6.07) is 8.75. The van der Waals surface area contributed by atoms with Gasteiger partial charge in [0.25, 0.3) is 5.91 Å². The first kappa shape index (κ1) is 24.7. The number of likely N-dealkylation sites (tertiary alicyclic amines) is 1. The Bertz CT molecular complexity index is 610. The predicted octanol–water partition coefficient (Wildman–Crippen LogP) is 2.98. The lowest BCUT2D eigenvalue weighted by Gasteiger charge is -2.35. The molecule has 0 saturated carbocycles. The number of benzene rings is 1. The van der Waals surface area contributed by atoms with Crippen LogP contribution in [0.25, 0.3) is 0 Å². The van der Waals surface area contributed by atoms with Gasteiger partial charge >= 0.3 is 0 Å². The second-order valence-corrected chi connectivity index (χ2v) is 7.30. The summed E-state index contributed by atoms with van der Waals surface area (Å²) >= 11 is 0. The van der Waals surface area contributed by atoms with Gasteiger partial charge in [0.05, 0.1) is 6.54 Å². The van der Waals surface area contributed by atoms with Crippen molar-refractivity contribution < 1.29 is 4.79 Å². The fraction of sp³-hybridized carbons (Fsp3) is 0.619. The molecule has 1 aromatic rings. The molecular formula is C21H36IN5O. The fourth-order valence-corrected chi connectivity index (χ4v) is 3.27. The molecule has 3 N–H and O–H groups in total. The van der Waals surface area contributed by atoms with Crippen molar-refractivity contribution in [1.29, 1.82) is 0 Å². The van der Waals surface area contributed by atoms with Crippen molar-refractivity contribution in [3.05, 3.63) is 35.4 Å². The lowest BCUT2D eigenvalue weighted by molar-refractivity contribution is 0.0956. The molecule has 0 atom stereocenters. The maximum absolute atomic E-state index is 11.8. The number of hydrogen-bond acceptors (Lipinski definition) is 3. The number of amides is 1. The van der Waals surface area contributed by atoms with Crippen molar-refractivity contribution in [2.24, 2.45) is 4.99 Å². The molecule has 1 aliphatic rings. The Morgan fingerprint density at radius 1 is 1.11 bits per heavy atom. The molecule has 1 aromatic carbocycles. The maximum Gasteiger partial charge on any atom is 0.251 e. The zero-order valence-corrected chi connectivity index (χ0v) is 20.0. The summed E-state index contributed by atoms with van der Waals surface area (Å²) < 4.78 is 0. The number of carbonyl (C=O) groups is 1. The van der Waals surface area contributed by atoms with Crippen molar-refractivity contribution in [3.8, 4) is 0 Å². The molecule has 0 aliphatic carbocycles. The highest BCUT2D eigenvalue weighted by molar-refractivity contribution is 14.0. The molecule has 2 rings (SSSR count). The van der Waals surface area contributed by atoms with Gasteiger partial charge in [0.15, 0.2) is 5.96 Å². The van der Waals surface area contributed by atoms with Gasteiger partial charge in [-0.15, -0.1) is 24.0 Å². The molecule has 0 bridgehead atoms. The van der Waals surface area contributed by atoms with Crippen LogP contribution in [0.4, 0.5) is 0 Å². The summed E-state index contributed by atoms with van der Waals surface area (Å²) in [5.74, 6) is 0.837. The number of halogens is 1. The third-order valence-corrected chi connectivity index (χ3v) is 4.92. The third-order valence-electron chi connectivity index (χ3n) is 4.92. The number of nitrogens with zero attached hydrogens (tertiary/aromatic N) is 2. The van der Waals surface area contributed by atoms with Gasteiger partial charge in [0, 0.05) is 43.8 Å². The van der Waals surface area contributed by atoms with Gasteiger partial charge in [0.1, 0.15) is 0 Å². The van der Waals surface area contributed by atoms with Crippen LogP contribution in [0.2, 0.25) is 0 Å². The Balaban J connectivity index is 0.00000392. The largest absolute Gasteiger partial charge is 0.357 e. The summed E-state index contributed by atoms with van der Waals surface area (Å²) in [6.07, 6.45) is 2.29. The monoisotopic (exact) mass is 501 g/mol. The van der Waals surface area contributed by atoms with E-state index in [2.05, 4.69) is 41.6 Å². The van der Waals surface area contributed by atoms with Crippen LogP contribution in [0.1, 0.15) is 56.5 Å². The summed E-state index contributed by atoms with van der Waals surface area (Å²) in [6.45, 7) is 12.9. The SMILES string of the molecule is CCNC(=O)c1ccc(CN=C(NCC)NC2CCN(C(C)C)CC2)cc1.I. The smallest absolute Gasteiger partial charge is 0.251 e. The second-order valence-electron chi connectivity index (χ2n) is 7.30. The first-order chi connectivity index (χ1) is 13.0. The van der Waals surface area contributed by atoms with Crippen LogP contribution in [0.3, 0.4) is 0 Å². The highest BCUT2D eigenvalue weighted by atomic mass is 127. The zero-order valence-electron chi connectivity index (χ0n) is 17.6. The van der Waals surface area contributed by atoms with Crippen molar-refractivity contribution in [2.75, 3.05) is 26.2 Å². The molecule has 0 unspecified atom stereocenters. The zero-order chi connectivity index (χ0) is 19.6. The van der Waals surface area contributed by atoms with Crippen molar-refractivity contribution >= 4 is 35.8 Å². The van der Waals surface area contributed by atoms with Crippen LogP contribution in [0.15, 0.2) is 29.3 Å². The number of piperidine rings is 1. The Hall–Kier alpha value is -1.35. The number of rotatable bonds is 7. The minimum absolute atomic E-state index is 0. The fourth-order valence-electron chi connectivity index (χ4n) is 3.27. The molecule has 1 saturated heterocycles. The van der Waals surface area contributed by atoms with Gasteiger partial charge in [-0.25, -0.2) is 4.99 Å². The second kappa shape index (κ2) is 13.0. The standard InChI is InChI=1S/C21H35N5O.HI/c1-5-22-20(27)18-9-7-17(8-10-18)15-24-21(23-6-2)25-19-11-13-26(14-12-19)16(3)4;/h7-10,16,19H,5-6,11-15H2,1-4H3,(H,22,27)(H2,23,24,25);1H. The van der Waals surface area contributed by atoms with Crippen molar-refractivity contribution in [2.45, 2.75) is 59.2 Å². The van der Waals surface area contributed by atoms with Crippen molar-refractivity contribution in [1.82, 2.24) is 20.9 Å². The van der Waals surface area contributed by atoms with E-state index in [1.165, 1.54) is 0 Å². The lowest BCUT2D eigenvalue weighted by Crippen LogP contribution is -2.49. The van der Waals surface area contributed by atoms with Crippen LogP contribution in [0, 0.1) is 0 Å². The first-order valence-corrected chi connectivity index (χ1v) is 10.2. The van der Waals surface area contributed by atoms with E-state index in [0.717, 1.165) is 44.0 Å². The predicted molar refractivity (Wildman–Crippen MR) is 128 cm³/mol. The van der Waals surface area contributed by atoms with E-state index < -0.39 is 0 Å². The van der Waals surface area contributed by atoms with Crippen LogP contribution >= 0.6 is 24.0 Å². The first-order valence-electron chi connectivity index (χ1n) is 10.2. The molecule has 1 fully saturated rings. The highest BCUT2D eigenvalue weighted by Crippen LogP contribution is 2.13. The van der Waals surface area contributed by atoms with Crippen LogP contribution in [-0.4, -0.2) is 55.0 Å². The van der Waals surface area contributed by atoms with Gasteiger partial charge in [0.2, 0.25) is 0 Å². The molecule has 6 nitrogen and oxygen atoms in total. The highest BCUT2D eigenvalue weighted by Gasteiger charge is 2.21. The normalized spacial score (nSPS) is 15.8. The number of guanidine groups is 1.